The molecule has 1 unspecified atom stereocenters. The standard InChI is InChI=1S/C29H35ClN4O2/c1-29(24-11-5-9-22(16-24)23-10-6-12-25(30)17-23)27(36)34(28(31)32-29)19-21-13-14-33(18-21)26(35)15-20-7-3-2-4-8-20/h5-6,9-12,16-17,20-21H,2-4,7-8,13-15,18-19H2,1H3,(H2,31,32)/t21-,29?/m0/s1. The fraction of sp³-hybridized carbons (Fsp3) is 0.483. The number of nitrogens with zero attached hydrogens (tertiary/aromatic N) is 3. The molecule has 2 aliphatic heterocycles. The van der Waals surface area contributed by atoms with Gasteiger partial charge in [-0.25, -0.2) is 4.99 Å². The predicted molar refractivity (Wildman–Crippen MR) is 143 cm³/mol. The lowest BCUT2D eigenvalue weighted by Gasteiger charge is -2.26. The summed E-state index contributed by atoms with van der Waals surface area (Å²) in [6.45, 7) is 3.76. The lowest BCUT2D eigenvalue weighted by atomic mass is 9.87. The molecule has 0 aromatic heterocycles. The van der Waals surface area contributed by atoms with Gasteiger partial charge in [0.1, 0.15) is 0 Å². The molecule has 2 N–H and O–H groups in total. The Hall–Kier alpha value is -2.86. The second kappa shape index (κ2) is 10.3. The van der Waals surface area contributed by atoms with Crippen LogP contribution in [0.25, 0.3) is 11.1 Å². The van der Waals surface area contributed by atoms with Crippen LogP contribution in [-0.4, -0.2) is 47.2 Å². The van der Waals surface area contributed by atoms with Gasteiger partial charge in [0.25, 0.3) is 5.91 Å². The number of aliphatic imine (C=N–C) groups is 1. The molecule has 36 heavy (non-hydrogen) atoms. The van der Waals surface area contributed by atoms with Crippen LogP contribution < -0.4 is 5.73 Å². The van der Waals surface area contributed by atoms with Gasteiger partial charge in [-0.05, 0) is 72.9 Å². The highest BCUT2D eigenvalue weighted by Gasteiger charge is 2.46. The van der Waals surface area contributed by atoms with E-state index in [-0.39, 0.29) is 23.7 Å². The van der Waals surface area contributed by atoms with E-state index in [1.807, 2.05) is 60.4 Å². The molecule has 190 valence electrons. The number of amides is 2. The zero-order chi connectivity index (χ0) is 25.3. The Morgan fingerprint density at radius 3 is 2.53 bits per heavy atom. The van der Waals surface area contributed by atoms with Crippen LogP contribution in [0.2, 0.25) is 5.02 Å². The van der Waals surface area contributed by atoms with Crippen molar-refractivity contribution < 1.29 is 9.59 Å². The molecule has 2 amide bonds. The van der Waals surface area contributed by atoms with Crippen molar-refractivity contribution in [2.45, 2.75) is 57.4 Å². The van der Waals surface area contributed by atoms with Crippen LogP contribution >= 0.6 is 11.6 Å². The first-order chi connectivity index (χ1) is 17.3. The molecule has 1 saturated heterocycles. The molecule has 0 radical (unpaired) electrons. The monoisotopic (exact) mass is 506 g/mol. The Morgan fingerprint density at radius 1 is 1.06 bits per heavy atom. The summed E-state index contributed by atoms with van der Waals surface area (Å²) in [4.78, 5) is 34.8. The SMILES string of the molecule is CC1(c2cccc(-c3cccc(Cl)c3)c2)N=C(N)N(C[C@H]2CCN(C(=O)CC3CCCCC3)C2)C1=O. The number of hydrogen-bond acceptors (Lipinski definition) is 4. The van der Waals surface area contributed by atoms with E-state index < -0.39 is 5.54 Å². The van der Waals surface area contributed by atoms with Crippen LogP contribution in [0.1, 0.15) is 57.4 Å². The molecule has 0 bridgehead atoms. The van der Waals surface area contributed by atoms with Crippen molar-refractivity contribution >= 4 is 29.4 Å². The van der Waals surface area contributed by atoms with E-state index in [2.05, 4.69) is 4.99 Å². The van der Waals surface area contributed by atoms with Crippen molar-refractivity contribution in [3.8, 4) is 11.1 Å². The number of carbonyl (C=O) groups is 2. The van der Waals surface area contributed by atoms with Crippen molar-refractivity contribution in [3.63, 3.8) is 0 Å². The van der Waals surface area contributed by atoms with E-state index in [1.54, 1.807) is 4.90 Å². The number of hydrogen-bond donors (Lipinski definition) is 1. The summed E-state index contributed by atoms with van der Waals surface area (Å²) in [5, 5.41) is 0.664. The number of benzene rings is 2. The minimum Gasteiger partial charge on any atom is -0.369 e. The van der Waals surface area contributed by atoms with E-state index in [1.165, 1.54) is 32.1 Å². The van der Waals surface area contributed by atoms with Gasteiger partial charge >= 0.3 is 0 Å². The minimum absolute atomic E-state index is 0.116. The number of nitrogens with two attached hydrogens (primary N) is 1. The predicted octanol–water partition coefficient (Wildman–Crippen LogP) is 5.20. The lowest BCUT2D eigenvalue weighted by molar-refractivity contribution is -0.131. The topological polar surface area (TPSA) is 79.0 Å². The van der Waals surface area contributed by atoms with Crippen molar-refractivity contribution in [1.82, 2.24) is 9.80 Å². The number of halogens is 1. The zero-order valence-corrected chi connectivity index (χ0v) is 21.7. The van der Waals surface area contributed by atoms with Crippen molar-refractivity contribution in [3.05, 3.63) is 59.1 Å². The Balaban J connectivity index is 1.25. The van der Waals surface area contributed by atoms with E-state index >= 15 is 0 Å². The molecule has 2 aromatic carbocycles. The molecule has 5 rings (SSSR count). The second-order valence-electron chi connectivity index (χ2n) is 10.8. The lowest BCUT2D eigenvalue weighted by Crippen LogP contribution is -2.45. The van der Waals surface area contributed by atoms with Gasteiger partial charge in [0.05, 0.1) is 0 Å². The van der Waals surface area contributed by atoms with Gasteiger partial charge in [-0.3, -0.25) is 14.5 Å². The molecule has 1 saturated carbocycles. The van der Waals surface area contributed by atoms with Crippen LogP contribution in [-0.2, 0) is 15.1 Å². The average molecular weight is 507 g/mol. The number of likely N-dealkylation sites (tertiary alicyclic amines) is 1. The maximum atomic E-state index is 13.6. The molecular formula is C29H35ClN4O2. The normalized spacial score (nSPS) is 24.9. The number of rotatable bonds is 6. The van der Waals surface area contributed by atoms with Gasteiger partial charge in [-0.2, -0.15) is 0 Å². The molecule has 0 spiro atoms. The largest absolute Gasteiger partial charge is 0.369 e. The van der Waals surface area contributed by atoms with Crippen LogP contribution in [0, 0.1) is 11.8 Å². The van der Waals surface area contributed by atoms with E-state index in [9.17, 15) is 9.59 Å². The number of carbonyl (C=O) groups excluding carboxylic acids is 2. The summed E-state index contributed by atoms with van der Waals surface area (Å²) >= 11 is 6.19. The molecule has 6 nitrogen and oxygen atoms in total. The molecule has 3 aliphatic rings. The zero-order valence-electron chi connectivity index (χ0n) is 21.0. The van der Waals surface area contributed by atoms with Crippen molar-refractivity contribution in [2.24, 2.45) is 22.6 Å². The Bertz CT molecular complexity index is 1180. The third kappa shape index (κ3) is 5.01. The highest BCUT2D eigenvalue weighted by molar-refractivity contribution is 6.30. The summed E-state index contributed by atoms with van der Waals surface area (Å²) in [5.41, 5.74) is 7.98. The fourth-order valence-electron chi connectivity index (χ4n) is 5.97. The third-order valence-corrected chi connectivity index (χ3v) is 8.36. The maximum Gasteiger partial charge on any atom is 0.261 e. The van der Waals surface area contributed by atoms with Gasteiger partial charge < -0.3 is 10.6 Å². The van der Waals surface area contributed by atoms with Gasteiger partial charge in [0.15, 0.2) is 11.5 Å². The van der Waals surface area contributed by atoms with Crippen molar-refractivity contribution in [2.75, 3.05) is 19.6 Å². The Labute approximate surface area is 218 Å². The van der Waals surface area contributed by atoms with E-state index in [0.717, 1.165) is 29.7 Å². The second-order valence-corrected chi connectivity index (χ2v) is 11.2. The molecule has 2 fully saturated rings. The molecule has 1 aliphatic carbocycles. The molecule has 2 heterocycles. The minimum atomic E-state index is -1.08. The maximum absolute atomic E-state index is 13.6. The van der Waals surface area contributed by atoms with E-state index in [0.29, 0.717) is 30.5 Å². The van der Waals surface area contributed by atoms with Crippen LogP contribution in [0.3, 0.4) is 0 Å². The van der Waals surface area contributed by atoms with Gasteiger partial charge in [0, 0.05) is 31.1 Å². The first-order valence-corrected chi connectivity index (χ1v) is 13.5. The van der Waals surface area contributed by atoms with Crippen molar-refractivity contribution in [1.29, 1.82) is 0 Å². The Morgan fingerprint density at radius 2 is 1.78 bits per heavy atom. The summed E-state index contributed by atoms with van der Waals surface area (Å²) in [6.07, 6.45) is 7.69. The van der Waals surface area contributed by atoms with Gasteiger partial charge in [-0.15, -0.1) is 0 Å². The first-order valence-electron chi connectivity index (χ1n) is 13.1. The van der Waals surface area contributed by atoms with E-state index in [4.69, 9.17) is 17.3 Å². The highest BCUT2D eigenvalue weighted by atomic mass is 35.5. The van der Waals surface area contributed by atoms with Crippen LogP contribution in [0.15, 0.2) is 53.5 Å². The fourth-order valence-corrected chi connectivity index (χ4v) is 6.16. The van der Waals surface area contributed by atoms with Crippen LogP contribution in [0.5, 0.6) is 0 Å². The van der Waals surface area contributed by atoms with Gasteiger partial charge in [0.2, 0.25) is 5.91 Å². The average Bonchev–Trinajstić information content (AvgIpc) is 3.44. The molecule has 2 aromatic rings. The Kier molecular flexibility index (Phi) is 7.07. The van der Waals surface area contributed by atoms with Crippen LogP contribution in [0.4, 0.5) is 0 Å². The smallest absolute Gasteiger partial charge is 0.261 e. The highest BCUT2D eigenvalue weighted by Crippen LogP contribution is 2.36. The molecule has 7 heteroatoms. The number of guanidine groups is 1. The first kappa shape index (κ1) is 24.8. The molecule has 2 atom stereocenters. The summed E-state index contributed by atoms with van der Waals surface area (Å²) < 4.78 is 0. The molecular weight excluding hydrogens is 472 g/mol. The summed E-state index contributed by atoms with van der Waals surface area (Å²) in [5.74, 6) is 1.15. The summed E-state index contributed by atoms with van der Waals surface area (Å²) in [7, 11) is 0. The quantitative estimate of drug-likeness (QED) is 0.585. The summed E-state index contributed by atoms with van der Waals surface area (Å²) in [6, 6.07) is 15.5. The van der Waals surface area contributed by atoms with Gasteiger partial charge in [-0.1, -0.05) is 61.2 Å². The third-order valence-electron chi connectivity index (χ3n) is 8.13.